The summed E-state index contributed by atoms with van der Waals surface area (Å²) >= 11 is 0. The lowest BCUT2D eigenvalue weighted by atomic mass is 9.97. The van der Waals surface area contributed by atoms with Crippen molar-refractivity contribution in [2.24, 2.45) is 5.10 Å². The summed E-state index contributed by atoms with van der Waals surface area (Å²) in [6.07, 6.45) is 0.562. The van der Waals surface area contributed by atoms with Crippen molar-refractivity contribution in [2.45, 2.75) is 19.0 Å². The molecule has 4 aromatic carbocycles. The number of aromatic nitrogens is 3. The zero-order chi connectivity index (χ0) is 25.2. The summed E-state index contributed by atoms with van der Waals surface area (Å²) in [5.41, 5.74) is 4.15. The number of fused-ring (bicyclic) bond motifs is 2. The summed E-state index contributed by atoms with van der Waals surface area (Å²) in [4.78, 5) is 25.8. The summed E-state index contributed by atoms with van der Waals surface area (Å²) in [5.74, 6) is -0.959. The average Bonchev–Trinajstić information content (AvgIpc) is 3.57. The summed E-state index contributed by atoms with van der Waals surface area (Å²) in [6.45, 7) is -0.551. The Bertz CT molecular complexity index is 1640. The van der Waals surface area contributed by atoms with Crippen molar-refractivity contribution in [3.63, 3.8) is 0 Å². The molecule has 0 fully saturated rings. The third-order valence-electron chi connectivity index (χ3n) is 6.49. The highest BCUT2D eigenvalue weighted by molar-refractivity contribution is 6.05. The molecule has 8 nitrogen and oxygen atoms in total. The molecule has 37 heavy (non-hydrogen) atoms. The van der Waals surface area contributed by atoms with Gasteiger partial charge in [0.1, 0.15) is 12.1 Å². The Morgan fingerprint density at radius 2 is 1.62 bits per heavy atom. The normalized spacial score (nSPS) is 15.2. The molecule has 0 spiro atoms. The fourth-order valence-corrected chi connectivity index (χ4v) is 4.63. The van der Waals surface area contributed by atoms with Gasteiger partial charge in [0, 0.05) is 6.42 Å². The maximum atomic E-state index is 13.2. The van der Waals surface area contributed by atoms with Crippen molar-refractivity contribution in [3.8, 4) is 0 Å². The van der Waals surface area contributed by atoms with Crippen LogP contribution in [0.2, 0.25) is 0 Å². The molecule has 0 bridgehead atoms. The molecule has 0 saturated carbocycles. The van der Waals surface area contributed by atoms with Crippen LogP contribution in [-0.2, 0) is 20.9 Å². The number of amides is 1. The standard InChI is InChI=1S/C29H23N5O3/c35-28(19-37-29(36)18-33-26-13-7-6-12-24(26)30-32-33)34-27(21-9-2-1-3-10-21)17-25(31-34)23-15-14-20-8-4-5-11-22(20)16-23/h1-16,27H,17-19H2. The van der Waals surface area contributed by atoms with Crippen LogP contribution in [-0.4, -0.2) is 44.2 Å². The second-order valence-electron chi connectivity index (χ2n) is 8.87. The molecule has 6 rings (SSSR count). The van der Waals surface area contributed by atoms with Gasteiger partial charge in [0.15, 0.2) is 6.61 Å². The van der Waals surface area contributed by atoms with Gasteiger partial charge in [0.05, 0.1) is 17.3 Å². The molecule has 0 saturated heterocycles. The van der Waals surface area contributed by atoms with Gasteiger partial charge < -0.3 is 4.74 Å². The molecule has 1 amide bonds. The molecule has 1 atom stereocenters. The Labute approximate surface area is 212 Å². The SMILES string of the molecule is O=C(Cn1nnc2ccccc21)OCC(=O)N1N=C(c2ccc3ccccc3c2)CC1c1ccccc1. The minimum absolute atomic E-state index is 0.137. The van der Waals surface area contributed by atoms with Crippen molar-refractivity contribution >= 4 is 39.4 Å². The number of hydrogen-bond donors (Lipinski definition) is 0. The number of carbonyl (C=O) groups excluding carboxylic acids is 2. The highest BCUT2D eigenvalue weighted by atomic mass is 16.5. The van der Waals surface area contributed by atoms with Crippen molar-refractivity contribution < 1.29 is 14.3 Å². The first kappa shape index (κ1) is 22.6. The molecule has 2 heterocycles. The molecule has 0 radical (unpaired) electrons. The minimum atomic E-state index is -0.571. The van der Waals surface area contributed by atoms with Gasteiger partial charge in [-0.3, -0.25) is 9.59 Å². The number of para-hydroxylation sites is 1. The topological polar surface area (TPSA) is 89.7 Å². The number of nitrogens with zero attached hydrogens (tertiary/aromatic N) is 5. The summed E-state index contributed by atoms with van der Waals surface area (Å²) in [7, 11) is 0. The van der Waals surface area contributed by atoms with Crippen LogP contribution in [0.1, 0.15) is 23.6 Å². The van der Waals surface area contributed by atoms with E-state index >= 15 is 0 Å². The van der Waals surface area contributed by atoms with Crippen LogP contribution in [0.25, 0.3) is 21.8 Å². The van der Waals surface area contributed by atoms with E-state index in [1.54, 1.807) is 0 Å². The Kier molecular flexibility index (Phi) is 5.90. The minimum Gasteiger partial charge on any atom is -0.454 e. The van der Waals surface area contributed by atoms with Gasteiger partial charge in [-0.25, -0.2) is 9.69 Å². The number of hydrazone groups is 1. The number of hydrogen-bond acceptors (Lipinski definition) is 6. The third kappa shape index (κ3) is 4.56. The van der Waals surface area contributed by atoms with Crippen LogP contribution >= 0.6 is 0 Å². The van der Waals surface area contributed by atoms with E-state index in [-0.39, 0.29) is 18.5 Å². The first-order chi connectivity index (χ1) is 18.2. The van der Waals surface area contributed by atoms with Gasteiger partial charge in [-0.05, 0) is 40.1 Å². The molecule has 0 aliphatic carbocycles. The summed E-state index contributed by atoms with van der Waals surface area (Å²) in [5, 5.41) is 16.4. The van der Waals surface area contributed by atoms with E-state index in [9.17, 15) is 9.59 Å². The highest BCUT2D eigenvalue weighted by Crippen LogP contribution is 2.33. The first-order valence-electron chi connectivity index (χ1n) is 12.0. The lowest BCUT2D eigenvalue weighted by Crippen LogP contribution is -2.32. The first-order valence-corrected chi connectivity index (χ1v) is 12.0. The van der Waals surface area contributed by atoms with E-state index in [1.807, 2.05) is 72.8 Å². The zero-order valence-electron chi connectivity index (χ0n) is 19.9. The molecular formula is C29H23N5O3. The largest absolute Gasteiger partial charge is 0.454 e. The van der Waals surface area contributed by atoms with Gasteiger partial charge in [0.25, 0.3) is 5.91 Å². The van der Waals surface area contributed by atoms with Crippen LogP contribution in [0.5, 0.6) is 0 Å². The van der Waals surface area contributed by atoms with Crippen LogP contribution in [0.3, 0.4) is 0 Å². The van der Waals surface area contributed by atoms with Gasteiger partial charge in [-0.15, -0.1) is 5.10 Å². The average molecular weight is 490 g/mol. The predicted octanol–water partition coefficient (Wildman–Crippen LogP) is 4.51. The number of esters is 1. The Morgan fingerprint density at radius 3 is 2.49 bits per heavy atom. The Hall–Kier alpha value is -4.85. The molecule has 8 heteroatoms. The number of rotatable bonds is 6. The van der Waals surface area contributed by atoms with Crippen molar-refractivity contribution in [1.29, 1.82) is 0 Å². The molecule has 182 valence electrons. The maximum Gasteiger partial charge on any atom is 0.328 e. The van der Waals surface area contributed by atoms with Gasteiger partial charge >= 0.3 is 5.97 Å². The smallest absolute Gasteiger partial charge is 0.328 e. The fourth-order valence-electron chi connectivity index (χ4n) is 4.63. The molecule has 1 aliphatic heterocycles. The Balaban J connectivity index is 1.20. The second-order valence-corrected chi connectivity index (χ2v) is 8.87. The second kappa shape index (κ2) is 9.66. The van der Waals surface area contributed by atoms with Gasteiger partial charge in [-0.2, -0.15) is 5.10 Å². The summed E-state index contributed by atoms with van der Waals surface area (Å²) in [6, 6.07) is 31.1. The van der Waals surface area contributed by atoms with Crippen molar-refractivity contribution in [2.75, 3.05) is 6.61 Å². The van der Waals surface area contributed by atoms with Crippen LogP contribution in [0.4, 0.5) is 0 Å². The molecule has 1 aromatic heterocycles. The van der Waals surface area contributed by atoms with E-state index in [0.29, 0.717) is 11.9 Å². The van der Waals surface area contributed by atoms with E-state index in [1.165, 1.54) is 9.69 Å². The lowest BCUT2D eigenvalue weighted by molar-refractivity contribution is -0.153. The Morgan fingerprint density at radius 1 is 0.865 bits per heavy atom. The van der Waals surface area contributed by atoms with Gasteiger partial charge in [-0.1, -0.05) is 84.1 Å². The molecule has 0 N–H and O–H groups in total. The maximum absolute atomic E-state index is 13.2. The molecule has 1 unspecified atom stereocenters. The third-order valence-corrected chi connectivity index (χ3v) is 6.49. The van der Waals surface area contributed by atoms with Crippen LogP contribution in [0, 0.1) is 0 Å². The number of ether oxygens (including phenoxy) is 1. The van der Waals surface area contributed by atoms with E-state index in [0.717, 1.165) is 33.1 Å². The molecule has 5 aromatic rings. The van der Waals surface area contributed by atoms with Crippen LogP contribution in [0.15, 0.2) is 102 Å². The zero-order valence-corrected chi connectivity index (χ0v) is 19.9. The van der Waals surface area contributed by atoms with E-state index in [2.05, 4.69) is 34.6 Å². The number of carbonyl (C=O) groups is 2. The van der Waals surface area contributed by atoms with Crippen molar-refractivity contribution in [3.05, 3.63) is 108 Å². The number of benzene rings is 4. The quantitative estimate of drug-likeness (QED) is 0.328. The predicted molar refractivity (Wildman–Crippen MR) is 140 cm³/mol. The molecule has 1 aliphatic rings. The fraction of sp³-hybridized carbons (Fsp3) is 0.138. The summed E-state index contributed by atoms with van der Waals surface area (Å²) < 4.78 is 6.79. The monoisotopic (exact) mass is 489 g/mol. The highest BCUT2D eigenvalue weighted by Gasteiger charge is 2.33. The van der Waals surface area contributed by atoms with Gasteiger partial charge in [0.2, 0.25) is 0 Å². The van der Waals surface area contributed by atoms with E-state index < -0.39 is 12.6 Å². The van der Waals surface area contributed by atoms with E-state index in [4.69, 9.17) is 9.84 Å². The molecular weight excluding hydrogens is 466 g/mol. The van der Waals surface area contributed by atoms with Crippen LogP contribution < -0.4 is 0 Å². The lowest BCUT2D eigenvalue weighted by Gasteiger charge is -2.21. The van der Waals surface area contributed by atoms with Crippen molar-refractivity contribution in [1.82, 2.24) is 20.0 Å².